The van der Waals surface area contributed by atoms with Crippen LogP contribution in [0.15, 0.2) is 48.5 Å². The normalized spacial score (nSPS) is 15.4. The first-order chi connectivity index (χ1) is 16.0. The van der Waals surface area contributed by atoms with E-state index < -0.39 is 42.1 Å². The number of halogens is 3. The molecule has 0 spiro atoms. The zero-order valence-corrected chi connectivity index (χ0v) is 18.6. The minimum atomic E-state index is -5.20. The molecule has 1 unspecified atom stereocenters. The van der Waals surface area contributed by atoms with Gasteiger partial charge in [-0.3, -0.25) is 4.79 Å². The van der Waals surface area contributed by atoms with E-state index in [2.05, 4.69) is 5.32 Å². The number of benzene rings is 2. The number of rotatable bonds is 8. The lowest BCUT2D eigenvalue weighted by molar-refractivity contribution is -0.207. The van der Waals surface area contributed by atoms with Crippen LogP contribution in [-0.2, 0) is 14.3 Å². The Morgan fingerprint density at radius 3 is 2.03 bits per heavy atom. The van der Waals surface area contributed by atoms with Crippen LogP contribution in [-0.4, -0.2) is 47.4 Å². The minimum absolute atomic E-state index is 0.0354. The molecule has 0 aliphatic heterocycles. The first kappa shape index (κ1) is 25.1. The predicted molar refractivity (Wildman–Crippen MR) is 117 cm³/mol. The summed E-state index contributed by atoms with van der Waals surface area (Å²) in [6.07, 6.45) is -6.35. The van der Waals surface area contributed by atoms with Gasteiger partial charge in [0.05, 0.1) is 0 Å². The molecule has 1 aliphatic carbocycles. The number of carboxylic acids is 1. The lowest BCUT2D eigenvalue weighted by atomic mass is 9.98. The Bertz CT molecular complexity index is 1040. The van der Waals surface area contributed by atoms with Crippen molar-refractivity contribution < 1.29 is 37.4 Å². The van der Waals surface area contributed by atoms with Crippen LogP contribution in [0.5, 0.6) is 0 Å². The van der Waals surface area contributed by atoms with Gasteiger partial charge in [0.25, 0.3) is 0 Å². The quantitative estimate of drug-likeness (QED) is 0.527. The van der Waals surface area contributed by atoms with Crippen molar-refractivity contribution in [2.45, 2.75) is 50.4 Å². The van der Waals surface area contributed by atoms with E-state index in [0.717, 1.165) is 22.3 Å². The van der Waals surface area contributed by atoms with Gasteiger partial charge in [-0.1, -0.05) is 55.5 Å². The lowest BCUT2D eigenvalue weighted by Gasteiger charge is -2.29. The molecule has 0 radical (unpaired) electrons. The Labute approximate surface area is 194 Å². The van der Waals surface area contributed by atoms with Crippen LogP contribution in [0.1, 0.15) is 43.7 Å². The monoisotopic (exact) mass is 478 g/mol. The molecular formula is C24H25F3N2O5. The number of hydrogen-bond donors (Lipinski definition) is 3. The molecule has 2 atom stereocenters. The number of carbonyl (C=O) groups excluding carboxylic acids is 2. The largest absolute Gasteiger partial charge is 0.479 e. The van der Waals surface area contributed by atoms with Crippen LogP contribution in [0.25, 0.3) is 11.1 Å². The van der Waals surface area contributed by atoms with Crippen LogP contribution >= 0.6 is 0 Å². The van der Waals surface area contributed by atoms with Gasteiger partial charge >= 0.3 is 18.2 Å². The fraction of sp³-hybridized carbons (Fsp3) is 0.375. The summed E-state index contributed by atoms with van der Waals surface area (Å²) in [4.78, 5) is 35.6. The molecule has 7 nitrogen and oxygen atoms in total. The summed E-state index contributed by atoms with van der Waals surface area (Å²) >= 11 is 0. The molecule has 0 saturated heterocycles. The molecule has 3 rings (SSSR count). The molecule has 10 heteroatoms. The van der Waals surface area contributed by atoms with Crippen LogP contribution < -0.4 is 10.6 Å². The van der Waals surface area contributed by atoms with Crippen molar-refractivity contribution in [3.8, 4) is 11.1 Å². The highest BCUT2D eigenvalue weighted by molar-refractivity contribution is 5.88. The number of nitrogens with one attached hydrogen (secondary N) is 2. The molecule has 0 saturated carbocycles. The Hall–Kier alpha value is -3.56. The third kappa shape index (κ3) is 5.00. The second-order valence-electron chi connectivity index (χ2n) is 8.26. The maximum absolute atomic E-state index is 13.1. The van der Waals surface area contributed by atoms with E-state index >= 15 is 0 Å². The second-order valence-corrected chi connectivity index (χ2v) is 8.26. The van der Waals surface area contributed by atoms with Crippen LogP contribution in [0.3, 0.4) is 0 Å². The summed E-state index contributed by atoms with van der Waals surface area (Å²) in [7, 11) is 0. The molecule has 2 aromatic rings. The van der Waals surface area contributed by atoms with E-state index in [1.54, 1.807) is 6.92 Å². The third-order valence-electron chi connectivity index (χ3n) is 5.97. The average Bonchev–Trinajstić information content (AvgIpc) is 3.10. The predicted octanol–water partition coefficient (Wildman–Crippen LogP) is 4.22. The van der Waals surface area contributed by atoms with E-state index in [9.17, 15) is 27.6 Å². The highest BCUT2D eigenvalue weighted by Gasteiger charge is 2.58. The van der Waals surface area contributed by atoms with E-state index in [1.807, 2.05) is 48.5 Å². The van der Waals surface area contributed by atoms with Crippen molar-refractivity contribution in [2.24, 2.45) is 0 Å². The van der Waals surface area contributed by atoms with Gasteiger partial charge in [0.1, 0.15) is 6.61 Å². The Kier molecular flexibility index (Phi) is 7.18. The third-order valence-corrected chi connectivity index (χ3v) is 5.97. The van der Waals surface area contributed by atoms with Crippen molar-refractivity contribution in [3.05, 3.63) is 59.7 Å². The van der Waals surface area contributed by atoms with Gasteiger partial charge in [0.2, 0.25) is 11.4 Å². The number of carboxylic acid groups (broad SMARTS) is 1. The Balaban J connectivity index is 1.60. The average molecular weight is 478 g/mol. The van der Waals surface area contributed by atoms with Crippen molar-refractivity contribution in [2.75, 3.05) is 6.61 Å². The van der Waals surface area contributed by atoms with Gasteiger partial charge in [-0.2, -0.15) is 13.2 Å². The van der Waals surface area contributed by atoms with Crippen molar-refractivity contribution in [1.29, 1.82) is 0 Å². The number of amides is 2. The van der Waals surface area contributed by atoms with E-state index in [-0.39, 0.29) is 18.9 Å². The molecule has 0 aromatic heterocycles. The number of fused-ring (bicyclic) bond motifs is 3. The van der Waals surface area contributed by atoms with Crippen LogP contribution in [0.4, 0.5) is 18.0 Å². The van der Waals surface area contributed by atoms with Crippen molar-refractivity contribution in [1.82, 2.24) is 10.6 Å². The number of alkyl carbamates (subject to hydrolysis) is 1. The number of aliphatic carboxylic acids is 1. The summed E-state index contributed by atoms with van der Waals surface area (Å²) in [6, 6.07) is 14.7. The first-order valence-electron chi connectivity index (χ1n) is 10.7. The van der Waals surface area contributed by atoms with Gasteiger partial charge in [0.15, 0.2) is 0 Å². The van der Waals surface area contributed by atoms with Crippen molar-refractivity contribution >= 4 is 18.0 Å². The summed E-state index contributed by atoms with van der Waals surface area (Å²) in [5, 5.41) is 12.9. The van der Waals surface area contributed by atoms with Gasteiger partial charge in [-0.25, -0.2) is 9.59 Å². The number of hydrogen-bond acceptors (Lipinski definition) is 4. The Morgan fingerprint density at radius 2 is 1.56 bits per heavy atom. The van der Waals surface area contributed by atoms with Gasteiger partial charge in [-0.05, 0) is 35.6 Å². The standard InChI is InChI=1S/C24H25F3N2O5/c1-3-14(12-20(30)29-23(2,21(31)32)24(25,26)27)28-22(33)34-13-19-17-10-6-4-8-15(17)16-9-5-7-11-18(16)19/h4-11,14,19H,3,12-13H2,1-2H3,(H,28,33)(H,29,30)(H,31,32)/t14-,23?/m0/s1. The smallest absolute Gasteiger partial charge is 0.422 e. The Morgan fingerprint density at radius 1 is 1.03 bits per heavy atom. The second kappa shape index (κ2) is 9.74. The van der Waals surface area contributed by atoms with E-state index in [4.69, 9.17) is 9.84 Å². The molecule has 0 fully saturated rings. The zero-order valence-electron chi connectivity index (χ0n) is 18.6. The number of carbonyl (C=O) groups is 3. The van der Waals surface area contributed by atoms with Crippen LogP contribution in [0.2, 0.25) is 0 Å². The molecule has 2 aromatic carbocycles. The molecule has 2 amide bonds. The molecule has 182 valence electrons. The van der Waals surface area contributed by atoms with Crippen LogP contribution in [0, 0.1) is 0 Å². The van der Waals surface area contributed by atoms with Crippen molar-refractivity contribution in [3.63, 3.8) is 0 Å². The highest BCUT2D eigenvalue weighted by atomic mass is 19.4. The fourth-order valence-electron chi connectivity index (χ4n) is 3.90. The van der Waals surface area contributed by atoms with Gasteiger partial charge in [0, 0.05) is 18.4 Å². The zero-order chi connectivity index (χ0) is 25.1. The van der Waals surface area contributed by atoms with Gasteiger partial charge in [-0.15, -0.1) is 0 Å². The topological polar surface area (TPSA) is 105 Å². The molecule has 0 bridgehead atoms. The SMILES string of the molecule is CC[C@@H](CC(=O)NC(C)(C(=O)O)C(F)(F)F)NC(=O)OCC1c2ccccc2-c2ccccc21. The maximum Gasteiger partial charge on any atom is 0.422 e. The highest BCUT2D eigenvalue weighted by Crippen LogP contribution is 2.44. The maximum atomic E-state index is 13.1. The fourth-order valence-corrected chi connectivity index (χ4v) is 3.90. The molecular weight excluding hydrogens is 453 g/mol. The van der Waals surface area contributed by atoms with E-state index in [0.29, 0.717) is 6.92 Å². The minimum Gasteiger partial charge on any atom is -0.479 e. The summed E-state index contributed by atoms with van der Waals surface area (Å²) in [5.74, 6) is -3.57. The van der Waals surface area contributed by atoms with E-state index in [1.165, 1.54) is 5.32 Å². The van der Waals surface area contributed by atoms with Gasteiger partial charge < -0.3 is 20.5 Å². The molecule has 0 heterocycles. The lowest BCUT2D eigenvalue weighted by Crippen LogP contribution is -2.62. The number of ether oxygens (including phenoxy) is 1. The molecule has 34 heavy (non-hydrogen) atoms. The molecule has 1 aliphatic rings. The first-order valence-corrected chi connectivity index (χ1v) is 10.7. The summed E-state index contributed by atoms with van der Waals surface area (Å²) in [6.45, 7) is 2.03. The number of alkyl halides is 3. The summed E-state index contributed by atoms with van der Waals surface area (Å²) < 4.78 is 44.7. The molecule has 3 N–H and O–H groups in total. The summed E-state index contributed by atoms with van der Waals surface area (Å²) in [5.41, 5.74) is 0.709.